The third-order valence-electron chi connectivity index (χ3n) is 3.17. The maximum absolute atomic E-state index is 12.2. The fourth-order valence-corrected chi connectivity index (χ4v) is 2.27. The van der Waals surface area contributed by atoms with E-state index in [1.54, 1.807) is 4.90 Å². The van der Waals surface area contributed by atoms with Gasteiger partial charge in [-0.05, 0) is 26.2 Å². The highest BCUT2D eigenvalue weighted by Gasteiger charge is 2.20. The third kappa shape index (κ3) is 4.40. The number of aliphatic hydroxyl groups is 2. The summed E-state index contributed by atoms with van der Waals surface area (Å²) in [4.78, 5) is 15.8. The van der Waals surface area contributed by atoms with Crippen LogP contribution in [0.2, 0.25) is 0 Å². The van der Waals surface area contributed by atoms with Gasteiger partial charge >= 0.3 is 0 Å². The second-order valence-electron chi connectivity index (χ2n) is 4.45. The van der Waals surface area contributed by atoms with Crippen LogP contribution in [0.25, 0.3) is 0 Å². The number of nitrogens with zero attached hydrogens (tertiary/aromatic N) is 2. The van der Waals surface area contributed by atoms with E-state index in [4.69, 9.17) is 10.2 Å². The molecule has 0 aromatic carbocycles. The highest BCUT2D eigenvalue weighted by atomic mass is 16.3. The van der Waals surface area contributed by atoms with Crippen LogP contribution >= 0.6 is 0 Å². The van der Waals surface area contributed by atoms with E-state index in [1.165, 1.54) is 0 Å². The van der Waals surface area contributed by atoms with Crippen LogP contribution in [0.3, 0.4) is 0 Å². The second kappa shape index (κ2) is 8.24. The molecule has 1 rings (SSSR count). The van der Waals surface area contributed by atoms with E-state index in [0.717, 1.165) is 25.0 Å². The Morgan fingerprint density at radius 2 is 2.00 bits per heavy atom. The lowest BCUT2D eigenvalue weighted by molar-refractivity contribution is -0.130. The Balaban J connectivity index is 2.54. The number of hydrogen-bond donors (Lipinski definition) is 2. The summed E-state index contributed by atoms with van der Waals surface area (Å²) in [7, 11) is 0. The van der Waals surface area contributed by atoms with Crippen molar-refractivity contribution in [1.82, 2.24) is 9.80 Å². The Hall–Kier alpha value is -0.910. The fourth-order valence-electron chi connectivity index (χ4n) is 2.27. The molecule has 2 N–H and O–H groups in total. The molecule has 5 nitrogen and oxygen atoms in total. The molecule has 0 spiro atoms. The van der Waals surface area contributed by atoms with Gasteiger partial charge in [-0.3, -0.25) is 9.69 Å². The van der Waals surface area contributed by atoms with Gasteiger partial charge in [-0.2, -0.15) is 0 Å². The van der Waals surface area contributed by atoms with Crippen molar-refractivity contribution < 1.29 is 15.0 Å². The summed E-state index contributed by atoms with van der Waals surface area (Å²) < 4.78 is 0. The SMILES string of the molecule is CCN(C(=O)CN(CCO)CCO)C1=CCCC1. The van der Waals surface area contributed by atoms with Crippen LogP contribution in [0, 0.1) is 0 Å². The standard InChI is InChI=1S/C13H24N2O3/c1-2-15(12-5-3-4-6-12)13(18)11-14(7-9-16)8-10-17/h5,16-17H,2-4,6-11H2,1H3. The van der Waals surface area contributed by atoms with Crippen molar-refractivity contribution >= 4 is 5.91 Å². The number of likely N-dealkylation sites (N-methyl/N-ethyl adjacent to an activating group) is 1. The zero-order chi connectivity index (χ0) is 13.4. The second-order valence-corrected chi connectivity index (χ2v) is 4.45. The van der Waals surface area contributed by atoms with Crippen LogP contribution in [0.4, 0.5) is 0 Å². The van der Waals surface area contributed by atoms with Crippen molar-refractivity contribution in [2.75, 3.05) is 39.4 Å². The third-order valence-corrected chi connectivity index (χ3v) is 3.17. The monoisotopic (exact) mass is 256 g/mol. The van der Waals surface area contributed by atoms with E-state index in [0.29, 0.717) is 19.6 Å². The Morgan fingerprint density at radius 1 is 1.33 bits per heavy atom. The van der Waals surface area contributed by atoms with Gasteiger partial charge in [0.25, 0.3) is 0 Å². The van der Waals surface area contributed by atoms with Crippen LogP contribution in [0.5, 0.6) is 0 Å². The molecule has 104 valence electrons. The molecule has 0 saturated heterocycles. The lowest BCUT2D eigenvalue weighted by Gasteiger charge is -2.26. The van der Waals surface area contributed by atoms with Gasteiger partial charge in [-0.1, -0.05) is 6.08 Å². The first-order valence-electron chi connectivity index (χ1n) is 6.66. The molecule has 0 aliphatic heterocycles. The zero-order valence-electron chi connectivity index (χ0n) is 11.1. The van der Waals surface area contributed by atoms with Crippen molar-refractivity contribution in [1.29, 1.82) is 0 Å². The topological polar surface area (TPSA) is 64.0 Å². The summed E-state index contributed by atoms with van der Waals surface area (Å²) in [6, 6.07) is 0. The summed E-state index contributed by atoms with van der Waals surface area (Å²) in [6.45, 7) is 3.75. The maximum atomic E-state index is 12.2. The summed E-state index contributed by atoms with van der Waals surface area (Å²) in [5.41, 5.74) is 1.12. The molecule has 0 fully saturated rings. The molecular formula is C13H24N2O3. The average Bonchev–Trinajstić information content (AvgIpc) is 2.84. The Labute approximate surface area is 109 Å². The van der Waals surface area contributed by atoms with Crippen LogP contribution in [-0.4, -0.2) is 65.3 Å². The first-order chi connectivity index (χ1) is 8.72. The predicted molar refractivity (Wildman–Crippen MR) is 69.9 cm³/mol. The molecular weight excluding hydrogens is 232 g/mol. The highest BCUT2D eigenvalue weighted by Crippen LogP contribution is 2.21. The number of amides is 1. The number of carbonyl (C=O) groups is 1. The molecule has 1 aliphatic carbocycles. The molecule has 18 heavy (non-hydrogen) atoms. The predicted octanol–water partition coefficient (Wildman–Crippen LogP) is 0.189. The van der Waals surface area contributed by atoms with Crippen molar-refractivity contribution in [2.45, 2.75) is 26.2 Å². The zero-order valence-corrected chi connectivity index (χ0v) is 11.1. The summed E-state index contributed by atoms with van der Waals surface area (Å²) in [5, 5.41) is 17.8. The molecule has 0 aromatic heterocycles. The molecule has 0 radical (unpaired) electrons. The lowest BCUT2D eigenvalue weighted by atomic mass is 10.3. The van der Waals surface area contributed by atoms with Crippen molar-refractivity contribution in [3.05, 3.63) is 11.8 Å². The van der Waals surface area contributed by atoms with Crippen LogP contribution in [-0.2, 0) is 4.79 Å². The molecule has 5 heteroatoms. The van der Waals surface area contributed by atoms with E-state index in [1.807, 2.05) is 11.8 Å². The van der Waals surface area contributed by atoms with E-state index in [-0.39, 0.29) is 25.7 Å². The van der Waals surface area contributed by atoms with Gasteiger partial charge in [0.2, 0.25) is 5.91 Å². The summed E-state index contributed by atoms with van der Waals surface area (Å²) >= 11 is 0. The van der Waals surface area contributed by atoms with Crippen molar-refractivity contribution in [2.24, 2.45) is 0 Å². The van der Waals surface area contributed by atoms with Gasteiger partial charge in [-0.15, -0.1) is 0 Å². The van der Waals surface area contributed by atoms with Gasteiger partial charge in [0.1, 0.15) is 0 Å². The Morgan fingerprint density at radius 3 is 2.44 bits per heavy atom. The minimum absolute atomic E-state index is 0.00208. The first kappa shape index (κ1) is 15.1. The Bertz CT molecular complexity index is 286. The largest absolute Gasteiger partial charge is 0.395 e. The van der Waals surface area contributed by atoms with Crippen molar-refractivity contribution in [3.63, 3.8) is 0 Å². The molecule has 1 aliphatic rings. The van der Waals surface area contributed by atoms with E-state index >= 15 is 0 Å². The summed E-state index contributed by atoms with van der Waals surface area (Å²) in [5.74, 6) is 0.0487. The quantitative estimate of drug-likeness (QED) is 0.651. The van der Waals surface area contributed by atoms with Crippen LogP contribution in [0.15, 0.2) is 11.8 Å². The molecule has 0 bridgehead atoms. The van der Waals surface area contributed by atoms with Gasteiger partial charge in [0.05, 0.1) is 19.8 Å². The van der Waals surface area contributed by atoms with E-state index in [2.05, 4.69) is 6.08 Å². The molecule has 0 saturated carbocycles. The molecule has 0 heterocycles. The average molecular weight is 256 g/mol. The van der Waals surface area contributed by atoms with E-state index < -0.39 is 0 Å². The van der Waals surface area contributed by atoms with Gasteiger partial charge < -0.3 is 15.1 Å². The van der Waals surface area contributed by atoms with Gasteiger partial charge in [0, 0.05) is 25.3 Å². The molecule has 1 amide bonds. The normalized spacial score (nSPS) is 15.0. The Kier molecular flexibility index (Phi) is 6.93. The number of hydrogen-bond acceptors (Lipinski definition) is 4. The number of carbonyl (C=O) groups excluding carboxylic acids is 1. The molecule has 0 atom stereocenters. The van der Waals surface area contributed by atoms with Crippen molar-refractivity contribution in [3.8, 4) is 0 Å². The minimum Gasteiger partial charge on any atom is -0.395 e. The molecule has 0 unspecified atom stereocenters. The van der Waals surface area contributed by atoms with Crippen LogP contribution < -0.4 is 0 Å². The molecule has 0 aromatic rings. The number of rotatable bonds is 8. The van der Waals surface area contributed by atoms with E-state index in [9.17, 15) is 4.79 Å². The number of allylic oxidation sites excluding steroid dienone is 2. The fraction of sp³-hybridized carbons (Fsp3) is 0.769. The van der Waals surface area contributed by atoms with Gasteiger partial charge in [-0.25, -0.2) is 0 Å². The minimum atomic E-state index is 0.00208. The highest BCUT2D eigenvalue weighted by molar-refractivity contribution is 5.80. The first-order valence-corrected chi connectivity index (χ1v) is 6.66. The van der Waals surface area contributed by atoms with Crippen LogP contribution in [0.1, 0.15) is 26.2 Å². The number of aliphatic hydroxyl groups excluding tert-OH is 2. The summed E-state index contributed by atoms with van der Waals surface area (Å²) in [6.07, 6.45) is 5.27. The maximum Gasteiger partial charge on any atom is 0.240 e. The lowest BCUT2D eigenvalue weighted by Crippen LogP contribution is -2.41. The smallest absolute Gasteiger partial charge is 0.240 e. The van der Waals surface area contributed by atoms with Gasteiger partial charge in [0.15, 0.2) is 0 Å².